The summed E-state index contributed by atoms with van der Waals surface area (Å²) < 4.78 is 49.0. The fourth-order valence-electron chi connectivity index (χ4n) is 9.02. The summed E-state index contributed by atoms with van der Waals surface area (Å²) in [5.74, 6) is -5.79. The van der Waals surface area contributed by atoms with Crippen molar-refractivity contribution in [2.24, 2.45) is 23.7 Å². The zero-order valence-corrected chi connectivity index (χ0v) is 35.8. The number of hydrogen-bond donors (Lipinski definition) is 3. The summed E-state index contributed by atoms with van der Waals surface area (Å²) in [6.07, 6.45) is -9.81. The molecule has 0 aliphatic carbocycles. The van der Waals surface area contributed by atoms with Gasteiger partial charge in [0, 0.05) is 38.2 Å². The molecule has 56 heavy (non-hydrogen) atoms. The average Bonchev–Trinajstić information content (AvgIpc) is 3.11. The van der Waals surface area contributed by atoms with Crippen molar-refractivity contribution in [3.05, 3.63) is 0 Å². The number of nitrogens with zero attached hydrogens (tertiary/aromatic N) is 1. The van der Waals surface area contributed by atoms with Gasteiger partial charge in [0.1, 0.15) is 23.1 Å². The van der Waals surface area contributed by atoms with Crippen LogP contribution in [0.2, 0.25) is 0 Å². The number of aliphatic hydroxyl groups excluding tert-OH is 1. The summed E-state index contributed by atoms with van der Waals surface area (Å²) in [4.78, 5) is 54.0. The van der Waals surface area contributed by atoms with Crippen LogP contribution in [0, 0.1) is 23.7 Å². The standard InChI is InChI=1S/C40H69NO15/c1-15-28-40(11,48)33(45)22(4)30(44)20(2)17-38(9,47)34(56-37-32(53-26(8)43)27(41(12)13)16-21(3)51-37)23(5)31(24(6)36(46)54-28)55-29-18-39(10,49-14)35(50-19-42)25(7)52-29/h19-25,27-29,31-35,37,45,47-48H,15-18H2,1-14H3/t20?,21?,22-,23?,24?,25?,27?,28?,29-,31?,32+,33+,34+,35-,37?,38-,39+,40+/m0/s1. The number of ether oxygens (including phenoxy) is 8. The molecule has 9 unspecified atom stereocenters. The molecule has 0 radical (unpaired) electrons. The molecule has 3 fully saturated rings. The van der Waals surface area contributed by atoms with Crippen LogP contribution in [0.5, 0.6) is 0 Å². The summed E-state index contributed by atoms with van der Waals surface area (Å²) in [6.45, 7) is 17.9. The van der Waals surface area contributed by atoms with Crippen LogP contribution >= 0.6 is 0 Å². The molecule has 324 valence electrons. The summed E-state index contributed by atoms with van der Waals surface area (Å²) in [7, 11) is 5.17. The van der Waals surface area contributed by atoms with Gasteiger partial charge in [0.25, 0.3) is 6.47 Å². The number of rotatable bonds is 10. The lowest BCUT2D eigenvalue weighted by molar-refractivity contribution is -0.319. The van der Waals surface area contributed by atoms with Crippen LogP contribution in [0.1, 0.15) is 102 Å². The third-order valence-electron chi connectivity index (χ3n) is 12.3. The molecular weight excluding hydrogens is 734 g/mol. The van der Waals surface area contributed by atoms with E-state index >= 15 is 0 Å². The predicted octanol–water partition coefficient (Wildman–Crippen LogP) is 2.54. The van der Waals surface area contributed by atoms with E-state index in [9.17, 15) is 34.5 Å². The summed E-state index contributed by atoms with van der Waals surface area (Å²) >= 11 is 0. The van der Waals surface area contributed by atoms with E-state index in [1.807, 2.05) is 25.9 Å². The van der Waals surface area contributed by atoms with Crippen molar-refractivity contribution in [2.75, 3.05) is 21.2 Å². The second-order valence-corrected chi connectivity index (χ2v) is 17.3. The Balaban J connectivity index is 2.24. The van der Waals surface area contributed by atoms with Crippen molar-refractivity contribution in [3.8, 4) is 0 Å². The van der Waals surface area contributed by atoms with Crippen molar-refractivity contribution >= 4 is 24.2 Å². The second-order valence-electron chi connectivity index (χ2n) is 17.3. The molecule has 0 aromatic carbocycles. The molecule has 16 heteroatoms. The monoisotopic (exact) mass is 803 g/mol. The Morgan fingerprint density at radius 2 is 1.57 bits per heavy atom. The van der Waals surface area contributed by atoms with Gasteiger partial charge in [0.2, 0.25) is 0 Å². The molecule has 0 aromatic heterocycles. The van der Waals surface area contributed by atoms with Gasteiger partial charge in [-0.2, -0.15) is 0 Å². The van der Waals surface area contributed by atoms with Crippen molar-refractivity contribution in [1.29, 1.82) is 0 Å². The van der Waals surface area contributed by atoms with Gasteiger partial charge >= 0.3 is 11.9 Å². The van der Waals surface area contributed by atoms with E-state index in [-0.39, 0.29) is 31.4 Å². The van der Waals surface area contributed by atoms with Crippen LogP contribution in [0.3, 0.4) is 0 Å². The molecule has 0 aromatic rings. The quantitative estimate of drug-likeness (QED) is 0.165. The number of carbonyl (C=O) groups excluding carboxylic acids is 4. The molecular formula is C40H69NO15. The first kappa shape index (κ1) is 48.1. The fourth-order valence-corrected chi connectivity index (χ4v) is 9.02. The van der Waals surface area contributed by atoms with Gasteiger partial charge in [0.05, 0.1) is 48.1 Å². The Labute approximate surface area is 332 Å². The molecule has 3 rings (SSSR count). The second kappa shape index (κ2) is 19.2. The van der Waals surface area contributed by atoms with Gasteiger partial charge < -0.3 is 58.1 Å². The van der Waals surface area contributed by atoms with Crippen molar-refractivity contribution in [1.82, 2.24) is 4.90 Å². The van der Waals surface area contributed by atoms with Crippen LogP contribution < -0.4 is 0 Å². The maximum absolute atomic E-state index is 14.2. The third-order valence-corrected chi connectivity index (χ3v) is 12.3. The lowest BCUT2D eigenvalue weighted by Gasteiger charge is -2.49. The Kier molecular flexibility index (Phi) is 16.5. The molecule has 18 atom stereocenters. The minimum absolute atomic E-state index is 0.0590. The molecule has 0 spiro atoms. The zero-order chi connectivity index (χ0) is 42.7. The highest BCUT2D eigenvalue weighted by Gasteiger charge is 2.54. The van der Waals surface area contributed by atoms with E-state index in [1.165, 1.54) is 34.8 Å². The van der Waals surface area contributed by atoms with Gasteiger partial charge in [-0.15, -0.1) is 0 Å². The maximum Gasteiger partial charge on any atom is 0.311 e. The van der Waals surface area contributed by atoms with Crippen molar-refractivity contribution < 1.29 is 72.4 Å². The Hall–Kier alpha value is -2.28. The number of ketones is 1. The largest absolute Gasteiger partial charge is 0.459 e. The van der Waals surface area contributed by atoms with E-state index in [0.717, 1.165) is 0 Å². The highest BCUT2D eigenvalue weighted by molar-refractivity contribution is 5.83. The van der Waals surface area contributed by atoms with Gasteiger partial charge in [-0.3, -0.25) is 19.2 Å². The number of methoxy groups -OCH3 is 1. The smallest absolute Gasteiger partial charge is 0.311 e. The predicted molar refractivity (Wildman–Crippen MR) is 201 cm³/mol. The van der Waals surface area contributed by atoms with Gasteiger partial charge in [-0.05, 0) is 74.9 Å². The number of Topliss-reactive ketones (excluding diaryl/α,β-unsaturated/α-hetero) is 1. The summed E-state index contributed by atoms with van der Waals surface area (Å²) in [6, 6.07) is -0.334. The van der Waals surface area contributed by atoms with E-state index in [4.69, 9.17) is 37.9 Å². The normalized spacial score (nSPS) is 46.1. The molecule has 0 bridgehead atoms. The summed E-state index contributed by atoms with van der Waals surface area (Å²) in [5.41, 5.74) is -4.96. The molecule has 3 N–H and O–H groups in total. The van der Waals surface area contributed by atoms with Crippen LogP contribution in [-0.2, 0) is 57.1 Å². The lowest BCUT2D eigenvalue weighted by Crippen LogP contribution is -2.61. The molecule has 3 heterocycles. The number of likely N-dealkylation sites (N-methyl/N-ethyl adjacent to an activating group) is 1. The molecule has 3 aliphatic rings. The zero-order valence-electron chi connectivity index (χ0n) is 35.8. The summed E-state index contributed by atoms with van der Waals surface area (Å²) in [5, 5.41) is 35.6. The van der Waals surface area contributed by atoms with Gasteiger partial charge in [-0.1, -0.05) is 27.7 Å². The van der Waals surface area contributed by atoms with Gasteiger partial charge in [0.15, 0.2) is 24.8 Å². The van der Waals surface area contributed by atoms with Crippen LogP contribution in [0.25, 0.3) is 0 Å². The molecule has 0 amide bonds. The number of hydrogen-bond acceptors (Lipinski definition) is 16. The van der Waals surface area contributed by atoms with E-state index in [0.29, 0.717) is 12.9 Å². The van der Waals surface area contributed by atoms with E-state index in [1.54, 1.807) is 41.5 Å². The molecule has 16 nitrogen and oxygen atoms in total. The van der Waals surface area contributed by atoms with E-state index < -0.39 is 114 Å². The average molecular weight is 804 g/mol. The Morgan fingerprint density at radius 1 is 0.946 bits per heavy atom. The molecule has 3 saturated heterocycles. The minimum atomic E-state index is -2.03. The first-order chi connectivity index (χ1) is 25.9. The lowest BCUT2D eigenvalue weighted by atomic mass is 9.74. The van der Waals surface area contributed by atoms with Crippen LogP contribution in [0.15, 0.2) is 0 Å². The highest BCUT2D eigenvalue weighted by Crippen LogP contribution is 2.41. The number of aliphatic hydroxyl groups is 3. The third kappa shape index (κ3) is 10.7. The van der Waals surface area contributed by atoms with Crippen LogP contribution in [0.4, 0.5) is 0 Å². The maximum atomic E-state index is 14.2. The SMILES string of the molecule is CCC1OC(=O)C(C)C(O[C@H]2C[C@@](C)(OC)[C@@H](OC=O)C(C)O2)C(C)[C@@H](OC2OC(C)CC(N(C)C)[C@H]2OC(C)=O)[C@@](C)(O)CC(C)C(=O)[C@H](C)[C@@H](O)[C@]1(C)O. The number of cyclic esters (lactones) is 1. The Morgan fingerprint density at radius 3 is 2.11 bits per heavy atom. The molecule has 0 saturated carbocycles. The van der Waals surface area contributed by atoms with Crippen molar-refractivity contribution in [3.63, 3.8) is 0 Å². The molecule has 3 aliphatic heterocycles. The van der Waals surface area contributed by atoms with Crippen LogP contribution in [-0.4, -0.2) is 150 Å². The minimum Gasteiger partial charge on any atom is -0.459 e. The van der Waals surface area contributed by atoms with Crippen molar-refractivity contribution in [2.45, 2.75) is 186 Å². The topological polar surface area (TPSA) is 206 Å². The number of carbonyl (C=O) groups is 4. The highest BCUT2D eigenvalue weighted by atomic mass is 16.7. The fraction of sp³-hybridized carbons (Fsp3) is 0.900. The van der Waals surface area contributed by atoms with Gasteiger partial charge in [-0.25, -0.2) is 0 Å². The Bertz CT molecular complexity index is 1340. The first-order valence-corrected chi connectivity index (χ1v) is 19.8. The number of esters is 2. The first-order valence-electron chi connectivity index (χ1n) is 19.8. The van der Waals surface area contributed by atoms with E-state index in [2.05, 4.69) is 0 Å².